The summed E-state index contributed by atoms with van der Waals surface area (Å²) in [7, 11) is 0. The third kappa shape index (κ3) is 8.70. The van der Waals surface area contributed by atoms with Gasteiger partial charge in [0.2, 0.25) is 23.6 Å². The molecule has 2 unspecified atom stereocenters. The summed E-state index contributed by atoms with van der Waals surface area (Å²) in [6.45, 7) is 1.63. The number of ether oxygens (including phenoxy) is 2. The molecule has 6 amide bonds. The minimum absolute atomic E-state index is 0.0434. The van der Waals surface area contributed by atoms with Gasteiger partial charge in [0.15, 0.2) is 0 Å². The van der Waals surface area contributed by atoms with Crippen LogP contribution < -0.4 is 16.0 Å². The van der Waals surface area contributed by atoms with Crippen molar-refractivity contribution in [2.24, 2.45) is 0 Å². The van der Waals surface area contributed by atoms with E-state index in [0.717, 1.165) is 10.5 Å². The molecule has 2 aliphatic rings. The molecular formula is C34H36ClN5O8S. The van der Waals surface area contributed by atoms with Gasteiger partial charge < -0.3 is 25.0 Å². The molecule has 1 saturated heterocycles. The molecule has 3 heterocycles. The molecule has 0 bridgehead atoms. The molecule has 15 heteroatoms. The van der Waals surface area contributed by atoms with Crippen molar-refractivity contribution >= 4 is 64.1 Å². The number of amides is 6. The van der Waals surface area contributed by atoms with Gasteiger partial charge in [0.1, 0.15) is 18.0 Å². The van der Waals surface area contributed by atoms with Crippen LogP contribution in [0.3, 0.4) is 0 Å². The van der Waals surface area contributed by atoms with Gasteiger partial charge in [-0.1, -0.05) is 42.5 Å². The first-order valence-electron chi connectivity index (χ1n) is 15.7. The highest BCUT2D eigenvalue weighted by atomic mass is 35.5. The van der Waals surface area contributed by atoms with Crippen LogP contribution >= 0.6 is 22.9 Å². The second kappa shape index (κ2) is 17.2. The third-order valence-electron chi connectivity index (χ3n) is 8.00. The lowest BCUT2D eigenvalue weighted by molar-refractivity contribution is -0.139. The van der Waals surface area contributed by atoms with Crippen LogP contribution in [-0.2, 0) is 35.2 Å². The van der Waals surface area contributed by atoms with Crippen molar-refractivity contribution in [1.82, 2.24) is 20.4 Å². The number of fused-ring (bicyclic) bond motifs is 1. The van der Waals surface area contributed by atoms with Gasteiger partial charge >= 0.3 is 0 Å². The van der Waals surface area contributed by atoms with Crippen LogP contribution in [0.15, 0.2) is 66.0 Å². The topological polar surface area (TPSA) is 163 Å². The van der Waals surface area contributed by atoms with Crippen molar-refractivity contribution in [2.75, 3.05) is 50.7 Å². The standard InChI is InChI=1S/C34H36ClN5O8S/c35-20-28(42)39(30(26-10-5-19-49-26)32(44)37-21-22-6-2-1-3-7-22)14-16-48-18-17-47-15-13-36-24-9-4-8-23-29(24)34(46)40(33(23)45)25-11-12-27(41)38-31(25)43/h1-10,19,25,30,36H,11-18,20-21H2,(H,37,44)(H,38,41,43). The Hall–Kier alpha value is -4.63. The van der Waals surface area contributed by atoms with Crippen molar-refractivity contribution in [2.45, 2.75) is 31.5 Å². The Bertz CT molecular complexity index is 1670. The number of piperidine rings is 1. The summed E-state index contributed by atoms with van der Waals surface area (Å²) < 4.78 is 11.4. The second-order valence-corrected chi connectivity index (χ2v) is 12.4. The normalized spacial score (nSPS) is 16.3. The molecule has 2 aliphatic heterocycles. The number of thiophene rings is 1. The van der Waals surface area contributed by atoms with Gasteiger partial charge in [-0.3, -0.25) is 39.0 Å². The highest BCUT2D eigenvalue weighted by Gasteiger charge is 2.45. The van der Waals surface area contributed by atoms with E-state index < -0.39 is 41.6 Å². The van der Waals surface area contributed by atoms with E-state index in [-0.39, 0.29) is 68.7 Å². The largest absolute Gasteiger partial charge is 0.382 e. The van der Waals surface area contributed by atoms with Crippen molar-refractivity contribution in [1.29, 1.82) is 0 Å². The van der Waals surface area contributed by atoms with Crippen LogP contribution in [-0.4, -0.2) is 96.7 Å². The fourth-order valence-corrected chi connectivity index (χ4v) is 6.62. The lowest BCUT2D eigenvalue weighted by Gasteiger charge is -2.30. The minimum Gasteiger partial charge on any atom is -0.382 e. The first-order valence-corrected chi connectivity index (χ1v) is 17.2. The zero-order valence-corrected chi connectivity index (χ0v) is 28.1. The number of carbonyl (C=O) groups excluding carboxylic acids is 6. The van der Waals surface area contributed by atoms with E-state index >= 15 is 0 Å². The van der Waals surface area contributed by atoms with Crippen LogP contribution in [0.2, 0.25) is 0 Å². The smallest absolute Gasteiger partial charge is 0.264 e. The maximum Gasteiger partial charge on any atom is 0.264 e. The minimum atomic E-state index is -1.04. The molecule has 258 valence electrons. The summed E-state index contributed by atoms with van der Waals surface area (Å²) >= 11 is 7.31. The van der Waals surface area contributed by atoms with Gasteiger partial charge in [-0.2, -0.15) is 0 Å². The second-order valence-electron chi connectivity index (χ2n) is 11.2. The highest BCUT2D eigenvalue weighted by Crippen LogP contribution is 2.32. The Kier molecular flexibility index (Phi) is 12.5. The van der Waals surface area contributed by atoms with E-state index in [2.05, 4.69) is 16.0 Å². The zero-order valence-electron chi connectivity index (χ0n) is 26.5. The van der Waals surface area contributed by atoms with Gasteiger partial charge in [0.05, 0.1) is 37.6 Å². The summed E-state index contributed by atoms with van der Waals surface area (Å²) in [4.78, 5) is 79.4. The zero-order chi connectivity index (χ0) is 34.8. The van der Waals surface area contributed by atoms with E-state index in [1.165, 1.54) is 22.3 Å². The Morgan fingerprint density at radius 1 is 0.959 bits per heavy atom. The molecule has 1 aromatic heterocycles. The summed E-state index contributed by atoms with van der Waals surface area (Å²) in [5, 5.41) is 10.1. The Labute approximate surface area is 291 Å². The van der Waals surface area contributed by atoms with E-state index in [1.54, 1.807) is 18.2 Å². The number of benzene rings is 2. The summed E-state index contributed by atoms with van der Waals surface area (Å²) in [6, 6.07) is 16.0. The molecule has 3 aromatic rings. The van der Waals surface area contributed by atoms with Gasteiger partial charge in [-0.15, -0.1) is 22.9 Å². The number of anilines is 1. The van der Waals surface area contributed by atoms with Crippen molar-refractivity contribution < 1.29 is 38.2 Å². The number of hydrogen-bond donors (Lipinski definition) is 3. The van der Waals surface area contributed by atoms with Crippen LogP contribution in [0.5, 0.6) is 0 Å². The molecule has 0 saturated carbocycles. The SMILES string of the molecule is O=C1CCC(N2C(=O)c3cccc(NCCOCCOCCN(C(=O)CCl)C(C(=O)NCc4ccccc4)c4cccs4)c3C2=O)C(=O)N1. The quantitative estimate of drug-likeness (QED) is 0.109. The highest BCUT2D eigenvalue weighted by molar-refractivity contribution is 7.10. The number of nitrogens with zero attached hydrogens (tertiary/aromatic N) is 2. The number of alkyl halides is 1. The van der Waals surface area contributed by atoms with E-state index in [1.807, 2.05) is 41.8 Å². The molecular weight excluding hydrogens is 674 g/mol. The number of nitrogens with one attached hydrogen (secondary N) is 3. The molecule has 0 spiro atoms. The lowest BCUT2D eigenvalue weighted by Crippen LogP contribution is -2.54. The van der Waals surface area contributed by atoms with Crippen LogP contribution in [0.4, 0.5) is 5.69 Å². The van der Waals surface area contributed by atoms with Gasteiger partial charge in [-0.05, 0) is 35.6 Å². The van der Waals surface area contributed by atoms with Crippen molar-refractivity contribution in [3.8, 4) is 0 Å². The summed E-state index contributed by atoms with van der Waals surface area (Å²) in [6.07, 6.45) is 0.122. The third-order valence-corrected chi connectivity index (χ3v) is 9.15. The van der Waals surface area contributed by atoms with E-state index in [0.29, 0.717) is 23.7 Å². The lowest BCUT2D eigenvalue weighted by atomic mass is 10.0. The predicted octanol–water partition coefficient (Wildman–Crippen LogP) is 2.72. The van der Waals surface area contributed by atoms with Gasteiger partial charge in [0, 0.05) is 36.6 Å². The molecule has 2 atom stereocenters. The summed E-state index contributed by atoms with van der Waals surface area (Å²) in [5.74, 6) is -3.27. The van der Waals surface area contributed by atoms with Crippen LogP contribution in [0.1, 0.15) is 50.0 Å². The Balaban J connectivity index is 1.06. The monoisotopic (exact) mass is 709 g/mol. The first-order chi connectivity index (χ1) is 23.8. The predicted molar refractivity (Wildman–Crippen MR) is 181 cm³/mol. The van der Waals surface area contributed by atoms with Crippen molar-refractivity contribution in [3.05, 3.63) is 87.6 Å². The number of halogens is 1. The fourth-order valence-electron chi connectivity index (χ4n) is 5.63. The van der Waals surface area contributed by atoms with Gasteiger partial charge in [-0.25, -0.2) is 0 Å². The first kappa shape index (κ1) is 35.7. The number of hydrogen-bond acceptors (Lipinski definition) is 10. The molecule has 1 fully saturated rings. The van der Waals surface area contributed by atoms with Crippen molar-refractivity contribution in [3.63, 3.8) is 0 Å². The van der Waals surface area contributed by atoms with Crippen LogP contribution in [0, 0.1) is 0 Å². The van der Waals surface area contributed by atoms with E-state index in [9.17, 15) is 28.8 Å². The maximum atomic E-state index is 13.4. The fraction of sp³-hybridized carbons (Fsp3) is 0.353. The Morgan fingerprint density at radius 2 is 1.73 bits per heavy atom. The maximum absolute atomic E-state index is 13.4. The van der Waals surface area contributed by atoms with Crippen LogP contribution in [0.25, 0.3) is 0 Å². The Morgan fingerprint density at radius 3 is 2.45 bits per heavy atom. The van der Waals surface area contributed by atoms with Gasteiger partial charge in [0.25, 0.3) is 11.8 Å². The molecule has 2 aromatic carbocycles. The number of carbonyl (C=O) groups is 6. The van der Waals surface area contributed by atoms with E-state index in [4.69, 9.17) is 21.1 Å². The molecule has 0 aliphatic carbocycles. The summed E-state index contributed by atoms with van der Waals surface area (Å²) in [5.41, 5.74) is 1.72. The molecule has 49 heavy (non-hydrogen) atoms. The number of rotatable bonds is 17. The average molecular weight is 710 g/mol. The average Bonchev–Trinajstić information content (AvgIpc) is 3.73. The molecule has 3 N–H and O–H groups in total. The number of imide groups is 2. The molecule has 13 nitrogen and oxygen atoms in total. The molecule has 5 rings (SSSR count). The molecule has 0 radical (unpaired) electrons.